The van der Waals surface area contributed by atoms with Crippen LogP contribution in [-0.4, -0.2) is 36.2 Å². The van der Waals surface area contributed by atoms with Crippen LogP contribution in [0.2, 0.25) is 0 Å². The molecule has 16 heavy (non-hydrogen) atoms. The largest absolute Gasteiger partial charge is 0.379 e. The summed E-state index contributed by atoms with van der Waals surface area (Å²) in [7, 11) is 0. The Morgan fingerprint density at radius 3 is 2.81 bits per heavy atom. The van der Waals surface area contributed by atoms with Gasteiger partial charge in [0.2, 0.25) is 0 Å². The minimum absolute atomic E-state index is 0.889. The summed E-state index contributed by atoms with van der Waals surface area (Å²) < 4.78 is 5.37. The second-order valence-electron chi connectivity index (χ2n) is 4.89. The molecular formula is C13H20N2O. The smallest absolute Gasteiger partial charge is 0.0594 e. The Morgan fingerprint density at radius 2 is 2.00 bits per heavy atom. The van der Waals surface area contributed by atoms with Gasteiger partial charge in [-0.25, -0.2) is 0 Å². The molecule has 0 bridgehead atoms. The van der Waals surface area contributed by atoms with E-state index in [1.165, 1.54) is 37.1 Å². The number of rotatable bonds is 2. The fourth-order valence-electron chi connectivity index (χ4n) is 2.76. The first-order chi connectivity index (χ1) is 7.92. The molecule has 1 fully saturated rings. The summed E-state index contributed by atoms with van der Waals surface area (Å²) in [6.45, 7) is 4.99. The summed E-state index contributed by atoms with van der Waals surface area (Å²) in [6.07, 6.45) is 5.24. The highest BCUT2D eigenvalue weighted by Crippen LogP contribution is 2.22. The lowest BCUT2D eigenvalue weighted by Gasteiger charge is -2.25. The zero-order valence-corrected chi connectivity index (χ0v) is 9.80. The van der Waals surface area contributed by atoms with E-state index in [1.54, 1.807) is 5.56 Å². The fraction of sp³-hybridized carbons (Fsp3) is 0.692. The molecule has 1 aliphatic heterocycles. The van der Waals surface area contributed by atoms with E-state index in [1.807, 2.05) is 0 Å². The van der Waals surface area contributed by atoms with Crippen LogP contribution in [0.15, 0.2) is 6.07 Å². The Labute approximate surface area is 96.8 Å². The third-order valence-corrected chi connectivity index (χ3v) is 3.67. The van der Waals surface area contributed by atoms with E-state index in [0.29, 0.717) is 0 Å². The monoisotopic (exact) mass is 220 g/mol. The van der Waals surface area contributed by atoms with Crippen molar-refractivity contribution in [3.63, 3.8) is 0 Å². The van der Waals surface area contributed by atoms with Gasteiger partial charge in [-0.3, -0.25) is 4.90 Å². The highest BCUT2D eigenvalue weighted by Gasteiger charge is 2.15. The van der Waals surface area contributed by atoms with Gasteiger partial charge in [0.05, 0.1) is 13.2 Å². The Hall–Kier alpha value is -0.800. The number of aromatic amines is 1. The number of hydrogen-bond donors (Lipinski definition) is 1. The summed E-state index contributed by atoms with van der Waals surface area (Å²) in [5, 5.41) is 0. The predicted octanol–water partition coefficient (Wildman–Crippen LogP) is 1.73. The van der Waals surface area contributed by atoms with Gasteiger partial charge in [0.25, 0.3) is 0 Å². The number of morpholine rings is 1. The van der Waals surface area contributed by atoms with Gasteiger partial charge < -0.3 is 9.72 Å². The molecule has 0 atom stereocenters. The van der Waals surface area contributed by atoms with Crippen LogP contribution in [0.25, 0.3) is 0 Å². The first-order valence-electron chi connectivity index (χ1n) is 6.41. The SMILES string of the molecule is c1c(CN2CCOCC2)[nH]c2c1CCCC2. The molecule has 2 aliphatic rings. The van der Waals surface area contributed by atoms with Gasteiger partial charge in [-0.05, 0) is 37.3 Å². The quantitative estimate of drug-likeness (QED) is 0.822. The number of aryl methyl sites for hydroxylation is 2. The number of nitrogens with one attached hydrogen (secondary N) is 1. The molecule has 0 aromatic carbocycles. The topological polar surface area (TPSA) is 28.3 Å². The first-order valence-corrected chi connectivity index (χ1v) is 6.41. The summed E-state index contributed by atoms with van der Waals surface area (Å²) in [5.74, 6) is 0. The number of hydrogen-bond acceptors (Lipinski definition) is 2. The maximum absolute atomic E-state index is 5.37. The number of aromatic nitrogens is 1. The van der Waals surface area contributed by atoms with E-state index < -0.39 is 0 Å². The second-order valence-corrected chi connectivity index (χ2v) is 4.89. The van der Waals surface area contributed by atoms with Crippen molar-refractivity contribution in [1.82, 2.24) is 9.88 Å². The molecule has 3 rings (SSSR count). The lowest BCUT2D eigenvalue weighted by atomic mass is 9.98. The average Bonchev–Trinajstić information content (AvgIpc) is 2.72. The molecule has 3 heteroatoms. The third kappa shape index (κ3) is 2.15. The molecule has 0 amide bonds. The zero-order valence-electron chi connectivity index (χ0n) is 9.80. The molecule has 1 aromatic rings. The van der Waals surface area contributed by atoms with E-state index in [4.69, 9.17) is 4.74 Å². The molecule has 0 saturated carbocycles. The summed E-state index contributed by atoms with van der Waals surface area (Å²) in [6, 6.07) is 2.38. The van der Waals surface area contributed by atoms with E-state index in [0.717, 1.165) is 32.8 Å². The lowest BCUT2D eigenvalue weighted by molar-refractivity contribution is 0.0337. The first kappa shape index (κ1) is 10.4. The van der Waals surface area contributed by atoms with E-state index in [-0.39, 0.29) is 0 Å². The van der Waals surface area contributed by atoms with Crippen LogP contribution in [0.4, 0.5) is 0 Å². The van der Waals surface area contributed by atoms with E-state index >= 15 is 0 Å². The number of ether oxygens (including phenoxy) is 1. The maximum Gasteiger partial charge on any atom is 0.0594 e. The van der Waals surface area contributed by atoms with Crippen molar-refractivity contribution in [2.24, 2.45) is 0 Å². The van der Waals surface area contributed by atoms with Crippen LogP contribution in [0.3, 0.4) is 0 Å². The van der Waals surface area contributed by atoms with Crippen molar-refractivity contribution in [2.75, 3.05) is 26.3 Å². The highest BCUT2D eigenvalue weighted by molar-refractivity contribution is 5.28. The number of nitrogens with zero attached hydrogens (tertiary/aromatic N) is 1. The standard InChI is InChI=1S/C13H20N2O/c1-2-4-13-11(3-1)9-12(14-13)10-15-5-7-16-8-6-15/h9,14H,1-8,10H2. The van der Waals surface area contributed by atoms with Crippen LogP contribution in [0.5, 0.6) is 0 Å². The van der Waals surface area contributed by atoms with Crippen molar-refractivity contribution in [1.29, 1.82) is 0 Å². The molecular weight excluding hydrogens is 200 g/mol. The van der Waals surface area contributed by atoms with Crippen molar-refractivity contribution in [3.8, 4) is 0 Å². The van der Waals surface area contributed by atoms with E-state index in [2.05, 4.69) is 16.0 Å². The van der Waals surface area contributed by atoms with E-state index in [9.17, 15) is 0 Å². The average molecular weight is 220 g/mol. The normalized spacial score (nSPS) is 22.0. The van der Waals surface area contributed by atoms with Gasteiger partial charge in [-0.15, -0.1) is 0 Å². The minimum Gasteiger partial charge on any atom is -0.379 e. The van der Waals surface area contributed by atoms with Gasteiger partial charge in [0.1, 0.15) is 0 Å². The van der Waals surface area contributed by atoms with Crippen LogP contribution >= 0.6 is 0 Å². The molecule has 0 unspecified atom stereocenters. The fourth-order valence-corrected chi connectivity index (χ4v) is 2.76. The van der Waals surface area contributed by atoms with Crippen LogP contribution < -0.4 is 0 Å². The molecule has 2 heterocycles. The molecule has 0 radical (unpaired) electrons. The Balaban J connectivity index is 1.67. The predicted molar refractivity (Wildman–Crippen MR) is 63.5 cm³/mol. The Bertz CT molecular complexity index is 329. The summed E-state index contributed by atoms with van der Waals surface area (Å²) in [5.41, 5.74) is 4.46. The van der Waals surface area contributed by atoms with Crippen LogP contribution in [0, 0.1) is 0 Å². The van der Waals surface area contributed by atoms with Gasteiger partial charge in [-0.2, -0.15) is 0 Å². The molecule has 1 saturated heterocycles. The van der Waals surface area contributed by atoms with Gasteiger partial charge in [0.15, 0.2) is 0 Å². The van der Waals surface area contributed by atoms with Crippen molar-refractivity contribution >= 4 is 0 Å². The summed E-state index contributed by atoms with van der Waals surface area (Å²) in [4.78, 5) is 6.07. The zero-order chi connectivity index (χ0) is 10.8. The Kier molecular flexibility index (Phi) is 2.98. The summed E-state index contributed by atoms with van der Waals surface area (Å²) >= 11 is 0. The molecule has 0 spiro atoms. The van der Waals surface area contributed by atoms with Crippen molar-refractivity contribution in [2.45, 2.75) is 32.2 Å². The molecule has 1 aromatic heterocycles. The maximum atomic E-state index is 5.37. The van der Waals surface area contributed by atoms with Crippen LogP contribution in [-0.2, 0) is 24.1 Å². The third-order valence-electron chi connectivity index (χ3n) is 3.67. The number of fused-ring (bicyclic) bond motifs is 1. The van der Waals surface area contributed by atoms with Crippen molar-refractivity contribution in [3.05, 3.63) is 23.0 Å². The molecule has 1 N–H and O–H groups in total. The molecule has 1 aliphatic carbocycles. The molecule has 3 nitrogen and oxygen atoms in total. The van der Waals surface area contributed by atoms with Crippen LogP contribution in [0.1, 0.15) is 29.8 Å². The second kappa shape index (κ2) is 4.60. The lowest BCUT2D eigenvalue weighted by Crippen LogP contribution is -2.35. The minimum atomic E-state index is 0.889. The Morgan fingerprint density at radius 1 is 1.19 bits per heavy atom. The highest BCUT2D eigenvalue weighted by atomic mass is 16.5. The number of H-pyrrole nitrogens is 1. The van der Waals surface area contributed by atoms with Crippen molar-refractivity contribution < 1.29 is 4.74 Å². The van der Waals surface area contributed by atoms with Gasteiger partial charge in [-0.1, -0.05) is 0 Å². The van der Waals surface area contributed by atoms with Gasteiger partial charge >= 0.3 is 0 Å². The molecule has 88 valence electrons. The van der Waals surface area contributed by atoms with Gasteiger partial charge in [0, 0.05) is 31.0 Å².